The molecule has 2 aromatic carbocycles. The van der Waals surface area contributed by atoms with Gasteiger partial charge in [-0.25, -0.2) is 0 Å². The van der Waals surface area contributed by atoms with Crippen LogP contribution < -0.4 is 5.32 Å². The second-order valence-corrected chi connectivity index (χ2v) is 8.79. The zero-order valence-corrected chi connectivity index (χ0v) is 17.8. The van der Waals surface area contributed by atoms with E-state index in [0.717, 1.165) is 19.4 Å². The molecule has 0 atom stereocenters. The number of benzene rings is 2. The first-order chi connectivity index (χ1) is 13.5. The van der Waals surface area contributed by atoms with Crippen molar-refractivity contribution in [1.82, 2.24) is 0 Å². The lowest BCUT2D eigenvalue weighted by molar-refractivity contribution is 0.443. The van der Waals surface area contributed by atoms with Gasteiger partial charge in [0.05, 0.1) is 0 Å². The summed E-state index contributed by atoms with van der Waals surface area (Å²) in [7, 11) is 0. The van der Waals surface area contributed by atoms with Crippen LogP contribution in [0.3, 0.4) is 0 Å². The van der Waals surface area contributed by atoms with Gasteiger partial charge in [0.2, 0.25) is 0 Å². The topological polar surface area (TPSA) is 12.0 Å². The smallest absolute Gasteiger partial charge is 0.0343 e. The van der Waals surface area contributed by atoms with E-state index in [1.807, 2.05) is 0 Å². The second-order valence-electron chi connectivity index (χ2n) is 8.79. The van der Waals surface area contributed by atoms with Crippen molar-refractivity contribution >= 4 is 11.3 Å². The van der Waals surface area contributed by atoms with Crippen LogP contribution in [0.5, 0.6) is 0 Å². The van der Waals surface area contributed by atoms with Crippen molar-refractivity contribution in [2.75, 3.05) is 11.9 Å². The van der Waals surface area contributed by atoms with Crippen LogP contribution in [0.2, 0.25) is 0 Å². The normalized spacial score (nSPS) is 15.1. The van der Waals surface area contributed by atoms with E-state index in [9.17, 15) is 0 Å². The summed E-state index contributed by atoms with van der Waals surface area (Å²) in [6, 6.07) is 17.8. The molecule has 1 aliphatic carbocycles. The molecule has 1 N–H and O–H groups in total. The summed E-state index contributed by atoms with van der Waals surface area (Å²) in [6.07, 6.45) is 12.1. The number of anilines is 1. The Labute approximate surface area is 170 Å². The van der Waals surface area contributed by atoms with Crippen LogP contribution in [-0.2, 0) is 6.42 Å². The maximum atomic E-state index is 3.62. The first kappa shape index (κ1) is 20.2. The summed E-state index contributed by atoms with van der Waals surface area (Å²) >= 11 is 0. The zero-order chi connectivity index (χ0) is 20.0. The SMILES string of the molecule is C/C=C\C=C/C1=C(c2ccccc2)c2ccc(NCC(C)(C)C)cc2CCC1. The van der Waals surface area contributed by atoms with Gasteiger partial charge in [-0.15, -0.1) is 0 Å². The van der Waals surface area contributed by atoms with Gasteiger partial charge in [0, 0.05) is 12.2 Å². The number of hydrogen-bond acceptors (Lipinski definition) is 1. The Kier molecular flexibility index (Phi) is 6.57. The largest absolute Gasteiger partial charge is 0.385 e. The Morgan fingerprint density at radius 2 is 1.75 bits per heavy atom. The van der Waals surface area contributed by atoms with Gasteiger partial charge in [-0.05, 0) is 71.6 Å². The van der Waals surface area contributed by atoms with E-state index in [4.69, 9.17) is 0 Å². The fourth-order valence-electron chi connectivity index (χ4n) is 3.68. The number of fused-ring (bicyclic) bond motifs is 1. The van der Waals surface area contributed by atoms with Crippen LogP contribution in [0.4, 0.5) is 5.69 Å². The van der Waals surface area contributed by atoms with Crippen molar-refractivity contribution in [2.45, 2.75) is 47.0 Å². The first-order valence-electron chi connectivity index (χ1n) is 10.4. The third-order valence-corrected chi connectivity index (χ3v) is 5.07. The second kappa shape index (κ2) is 9.10. The third-order valence-electron chi connectivity index (χ3n) is 5.07. The van der Waals surface area contributed by atoms with Gasteiger partial charge < -0.3 is 5.32 Å². The lowest BCUT2D eigenvalue weighted by Gasteiger charge is -2.21. The standard InChI is InChI=1S/C27H33N/c1-5-6-8-12-22-15-11-16-23-19-24(28-20-27(2,3)4)17-18-25(23)26(22)21-13-9-7-10-14-21/h5-10,12-14,17-19,28H,11,15-16,20H2,1-4H3/b6-5-,12-8-. The molecule has 0 saturated carbocycles. The van der Waals surface area contributed by atoms with E-state index in [-0.39, 0.29) is 5.41 Å². The molecule has 2 aromatic rings. The number of aryl methyl sites for hydroxylation is 1. The summed E-state index contributed by atoms with van der Waals surface area (Å²) in [5.74, 6) is 0. The number of allylic oxidation sites excluding steroid dienone is 5. The predicted molar refractivity (Wildman–Crippen MR) is 124 cm³/mol. The van der Waals surface area contributed by atoms with E-state index >= 15 is 0 Å². The Morgan fingerprint density at radius 3 is 2.46 bits per heavy atom. The fraction of sp³-hybridized carbons (Fsp3) is 0.333. The van der Waals surface area contributed by atoms with Crippen LogP contribution in [0.15, 0.2) is 78.4 Å². The van der Waals surface area contributed by atoms with E-state index in [1.54, 1.807) is 0 Å². The Bertz CT molecular complexity index is 876. The van der Waals surface area contributed by atoms with Crippen molar-refractivity contribution < 1.29 is 0 Å². The highest BCUT2D eigenvalue weighted by molar-refractivity contribution is 5.86. The molecule has 0 heterocycles. The molecule has 3 rings (SSSR count). The Morgan fingerprint density at radius 1 is 0.964 bits per heavy atom. The number of nitrogens with one attached hydrogen (secondary N) is 1. The molecular formula is C27H33N. The highest BCUT2D eigenvalue weighted by Gasteiger charge is 2.18. The molecule has 0 unspecified atom stereocenters. The molecule has 0 saturated heterocycles. The molecule has 0 aromatic heterocycles. The lowest BCUT2D eigenvalue weighted by atomic mass is 9.90. The van der Waals surface area contributed by atoms with Crippen molar-refractivity contribution in [3.05, 3.63) is 95.1 Å². The molecule has 1 heteroatoms. The van der Waals surface area contributed by atoms with Crippen molar-refractivity contribution in [3.63, 3.8) is 0 Å². The third kappa shape index (κ3) is 5.25. The maximum Gasteiger partial charge on any atom is 0.0343 e. The summed E-state index contributed by atoms with van der Waals surface area (Å²) in [5, 5.41) is 3.62. The van der Waals surface area contributed by atoms with Crippen LogP contribution in [-0.4, -0.2) is 6.54 Å². The molecule has 28 heavy (non-hydrogen) atoms. The Balaban J connectivity index is 2.05. The van der Waals surface area contributed by atoms with E-state index in [2.05, 4.69) is 106 Å². The van der Waals surface area contributed by atoms with Gasteiger partial charge in [0.15, 0.2) is 0 Å². The first-order valence-corrected chi connectivity index (χ1v) is 10.4. The fourth-order valence-corrected chi connectivity index (χ4v) is 3.68. The average Bonchev–Trinajstić information content (AvgIpc) is 2.85. The van der Waals surface area contributed by atoms with Gasteiger partial charge in [-0.1, -0.05) is 81.5 Å². The molecule has 1 aliphatic rings. The van der Waals surface area contributed by atoms with Crippen molar-refractivity contribution in [3.8, 4) is 0 Å². The highest BCUT2D eigenvalue weighted by Crippen LogP contribution is 2.37. The molecule has 0 radical (unpaired) electrons. The molecule has 146 valence electrons. The lowest BCUT2D eigenvalue weighted by Crippen LogP contribution is -2.19. The summed E-state index contributed by atoms with van der Waals surface area (Å²) in [4.78, 5) is 0. The van der Waals surface area contributed by atoms with Crippen LogP contribution in [0, 0.1) is 5.41 Å². The van der Waals surface area contributed by atoms with E-state index in [1.165, 1.54) is 39.9 Å². The average molecular weight is 372 g/mol. The van der Waals surface area contributed by atoms with Gasteiger partial charge in [0.1, 0.15) is 0 Å². The van der Waals surface area contributed by atoms with Gasteiger partial charge in [0.25, 0.3) is 0 Å². The number of hydrogen-bond donors (Lipinski definition) is 1. The predicted octanol–water partition coefficient (Wildman–Crippen LogP) is 7.42. The van der Waals surface area contributed by atoms with Crippen molar-refractivity contribution in [2.24, 2.45) is 5.41 Å². The van der Waals surface area contributed by atoms with E-state index < -0.39 is 0 Å². The van der Waals surface area contributed by atoms with E-state index in [0.29, 0.717) is 0 Å². The van der Waals surface area contributed by atoms with Crippen LogP contribution >= 0.6 is 0 Å². The molecule has 0 bridgehead atoms. The summed E-state index contributed by atoms with van der Waals surface area (Å²) < 4.78 is 0. The van der Waals surface area contributed by atoms with Crippen LogP contribution in [0.25, 0.3) is 5.57 Å². The minimum Gasteiger partial charge on any atom is -0.385 e. The minimum absolute atomic E-state index is 0.270. The zero-order valence-electron chi connectivity index (χ0n) is 17.8. The molecule has 0 fully saturated rings. The van der Waals surface area contributed by atoms with Gasteiger partial charge in [-0.3, -0.25) is 0 Å². The summed E-state index contributed by atoms with van der Waals surface area (Å²) in [6.45, 7) is 9.84. The maximum absolute atomic E-state index is 3.62. The monoisotopic (exact) mass is 371 g/mol. The molecule has 0 amide bonds. The molecule has 0 aliphatic heterocycles. The van der Waals surface area contributed by atoms with Gasteiger partial charge >= 0.3 is 0 Å². The van der Waals surface area contributed by atoms with Crippen LogP contribution in [0.1, 0.15) is 57.2 Å². The molecule has 1 nitrogen and oxygen atoms in total. The summed E-state index contributed by atoms with van der Waals surface area (Å²) in [5.41, 5.74) is 8.45. The molecule has 0 spiro atoms. The molecular weight excluding hydrogens is 338 g/mol. The van der Waals surface area contributed by atoms with Crippen molar-refractivity contribution in [1.29, 1.82) is 0 Å². The minimum atomic E-state index is 0.270. The Hall–Kier alpha value is -2.54. The van der Waals surface area contributed by atoms with Gasteiger partial charge in [-0.2, -0.15) is 0 Å². The number of rotatable bonds is 5. The quantitative estimate of drug-likeness (QED) is 0.539. The highest BCUT2D eigenvalue weighted by atomic mass is 14.9.